The van der Waals surface area contributed by atoms with E-state index in [0.717, 1.165) is 11.1 Å². The molecular formula is C16H13NO2. The minimum atomic E-state index is -0.401. The summed E-state index contributed by atoms with van der Waals surface area (Å²) in [6.07, 6.45) is 0. The Labute approximate surface area is 110 Å². The molecular weight excluding hydrogens is 238 g/mol. The molecule has 0 saturated heterocycles. The lowest BCUT2D eigenvalue weighted by Crippen LogP contribution is -2.06. The van der Waals surface area contributed by atoms with E-state index in [1.54, 1.807) is 6.07 Å². The molecule has 0 aliphatic heterocycles. The Hall–Kier alpha value is -2.42. The zero-order valence-electron chi connectivity index (χ0n) is 10.8. The summed E-state index contributed by atoms with van der Waals surface area (Å²) in [7, 11) is 0. The maximum Gasteiger partial charge on any atom is 0.363 e. The average Bonchev–Trinajstić information content (AvgIpc) is 2.41. The van der Waals surface area contributed by atoms with Crippen molar-refractivity contribution in [3.63, 3.8) is 0 Å². The summed E-state index contributed by atoms with van der Waals surface area (Å²) in [5.74, 6) is 0. The highest BCUT2D eigenvalue weighted by atomic mass is 16.4. The number of aromatic nitrogens is 1. The molecule has 2 aromatic carbocycles. The zero-order valence-corrected chi connectivity index (χ0v) is 10.8. The minimum absolute atomic E-state index is 0.363. The Morgan fingerprint density at radius 2 is 1.79 bits per heavy atom. The van der Waals surface area contributed by atoms with Gasteiger partial charge in [0.2, 0.25) is 0 Å². The predicted molar refractivity (Wildman–Crippen MR) is 75.2 cm³/mol. The molecule has 0 fully saturated rings. The minimum Gasteiger partial charge on any atom is -0.419 e. The van der Waals surface area contributed by atoms with Crippen LogP contribution in [0.4, 0.5) is 0 Å². The molecule has 94 valence electrons. The lowest BCUT2D eigenvalue weighted by Gasteiger charge is -2.04. The Morgan fingerprint density at radius 1 is 1.00 bits per heavy atom. The highest BCUT2D eigenvalue weighted by Crippen LogP contribution is 2.20. The molecule has 0 amide bonds. The van der Waals surface area contributed by atoms with Crippen LogP contribution in [0.5, 0.6) is 0 Å². The summed E-state index contributed by atoms with van der Waals surface area (Å²) in [6, 6.07) is 13.1. The second kappa shape index (κ2) is 4.35. The van der Waals surface area contributed by atoms with E-state index in [1.165, 1.54) is 5.56 Å². The summed E-state index contributed by atoms with van der Waals surface area (Å²) in [4.78, 5) is 16.4. The molecule has 0 atom stereocenters. The molecule has 1 heterocycles. The smallest absolute Gasteiger partial charge is 0.363 e. The van der Waals surface area contributed by atoms with Gasteiger partial charge in [-0.1, -0.05) is 24.3 Å². The molecule has 0 spiro atoms. The number of hydrogen-bond acceptors (Lipinski definition) is 3. The highest BCUT2D eigenvalue weighted by molar-refractivity contribution is 5.74. The highest BCUT2D eigenvalue weighted by Gasteiger charge is 2.09. The van der Waals surface area contributed by atoms with E-state index in [0.29, 0.717) is 16.8 Å². The Morgan fingerprint density at radius 3 is 2.58 bits per heavy atom. The zero-order chi connectivity index (χ0) is 13.4. The van der Waals surface area contributed by atoms with Crippen molar-refractivity contribution in [1.29, 1.82) is 0 Å². The molecule has 0 aliphatic rings. The second-order valence-corrected chi connectivity index (χ2v) is 4.62. The molecule has 3 aromatic rings. The van der Waals surface area contributed by atoms with Gasteiger partial charge in [0, 0.05) is 5.56 Å². The first-order valence-electron chi connectivity index (χ1n) is 6.12. The van der Waals surface area contributed by atoms with Gasteiger partial charge in [0.25, 0.3) is 0 Å². The van der Waals surface area contributed by atoms with Crippen molar-refractivity contribution in [2.45, 2.75) is 13.8 Å². The van der Waals surface area contributed by atoms with Crippen molar-refractivity contribution in [3.8, 4) is 11.3 Å². The van der Waals surface area contributed by atoms with E-state index in [1.807, 2.05) is 50.2 Å². The number of hydrogen-bond donors (Lipinski definition) is 0. The summed E-state index contributed by atoms with van der Waals surface area (Å²) in [6.45, 7) is 4.05. The molecule has 0 saturated carbocycles. The van der Waals surface area contributed by atoms with Crippen LogP contribution in [0.15, 0.2) is 51.7 Å². The van der Waals surface area contributed by atoms with Gasteiger partial charge in [-0.05, 0) is 43.2 Å². The number of rotatable bonds is 1. The van der Waals surface area contributed by atoms with Gasteiger partial charge < -0.3 is 4.42 Å². The largest absolute Gasteiger partial charge is 0.419 e. The van der Waals surface area contributed by atoms with Crippen molar-refractivity contribution in [2.24, 2.45) is 0 Å². The second-order valence-electron chi connectivity index (χ2n) is 4.62. The van der Waals surface area contributed by atoms with Gasteiger partial charge in [0.15, 0.2) is 11.3 Å². The van der Waals surface area contributed by atoms with Gasteiger partial charge in [0.05, 0.1) is 0 Å². The van der Waals surface area contributed by atoms with Crippen LogP contribution in [0.1, 0.15) is 11.1 Å². The monoisotopic (exact) mass is 251 g/mol. The molecule has 0 bridgehead atoms. The molecule has 0 N–H and O–H groups in total. The maximum absolute atomic E-state index is 12.0. The van der Waals surface area contributed by atoms with Gasteiger partial charge in [-0.15, -0.1) is 0 Å². The van der Waals surface area contributed by atoms with E-state index < -0.39 is 5.63 Å². The summed E-state index contributed by atoms with van der Waals surface area (Å²) in [5.41, 5.74) is 4.28. The summed E-state index contributed by atoms with van der Waals surface area (Å²) < 4.78 is 5.30. The van der Waals surface area contributed by atoms with Gasteiger partial charge in [-0.2, -0.15) is 0 Å². The molecule has 0 unspecified atom stereocenters. The predicted octanol–water partition coefficient (Wildman–Crippen LogP) is 3.47. The maximum atomic E-state index is 12.0. The van der Waals surface area contributed by atoms with Crippen LogP contribution >= 0.6 is 0 Å². The van der Waals surface area contributed by atoms with Crippen molar-refractivity contribution < 1.29 is 4.42 Å². The van der Waals surface area contributed by atoms with Gasteiger partial charge in [0.1, 0.15) is 5.52 Å². The van der Waals surface area contributed by atoms with Crippen molar-refractivity contribution >= 4 is 11.1 Å². The molecule has 0 aliphatic carbocycles. The van der Waals surface area contributed by atoms with E-state index >= 15 is 0 Å². The van der Waals surface area contributed by atoms with Gasteiger partial charge in [-0.3, -0.25) is 0 Å². The first-order valence-corrected chi connectivity index (χ1v) is 6.12. The van der Waals surface area contributed by atoms with Crippen LogP contribution < -0.4 is 5.63 Å². The topological polar surface area (TPSA) is 43.1 Å². The normalized spacial score (nSPS) is 10.8. The standard InChI is InChI=1S/C16H13NO2/c1-10-7-8-12(9-11(10)2)15-16(18)19-14-6-4-3-5-13(14)17-15/h3-9H,1-2H3. The molecule has 1 aromatic heterocycles. The van der Waals surface area contributed by atoms with Crippen molar-refractivity contribution in [1.82, 2.24) is 4.98 Å². The number of fused-ring (bicyclic) bond motifs is 1. The van der Waals surface area contributed by atoms with Crippen LogP contribution in [0.3, 0.4) is 0 Å². The first-order chi connectivity index (χ1) is 9.15. The summed E-state index contributed by atoms with van der Waals surface area (Å²) in [5, 5.41) is 0. The fraction of sp³-hybridized carbons (Fsp3) is 0.125. The van der Waals surface area contributed by atoms with E-state index in [4.69, 9.17) is 4.42 Å². The lowest BCUT2D eigenvalue weighted by atomic mass is 10.0. The Kier molecular flexibility index (Phi) is 2.67. The van der Waals surface area contributed by atoms with E-state index in [9.17, 15) is 4.79 Å². The first kappa shape index (κ1) is 11.7. The van der Waals surface area contributed by atoms with Crippen LogP contribution in [-0.2, 0) is 0 Å². The van der Waals surface area contributed by atoms with Crippen LogP contribution in [0.2, 0.25) is 0 Å². The fourth-order valence-electron chi connectivity index (χ4n) is 2.02. The third-order valence-corrected chi connectivity index (χ3v) is 3.27. The van der Waals surface area contributed by atoms with E-state index in [-0.39, 0.29) is 0 Å². The van der Waals surface area contributed by atoms with Crippen LogP contribution in [0.25, 0.3) is 22.4 Å². The third-order valence-electron chi connectivity index (χ3n) is 3.27. The van der Waals surface area contributed by atoms with Crippen LogP contribution in [0, 0.1) is 13.8 Å². The Balaban J connectivity index is 2.27. The van der Waals surface area contributed by atoms with Crippen molar-refractivity contribution in [2.75, 3.05) is 0 Å². The fourth-order valence-corrected chi connectivity index (χ4v) is 2.02. The average molecular weight is 251 g/mol. The Bertz CT molecular complexity index is 818. The SMILES string of the molecule is Cc1ccc(-c2nc3ccccc3oc2=O)cc1C. The van der Waals surface area contributed by atoms with Gasteiger partial charge in [-0.25, -0.2) is 9.78 Å². The third kappa shape index (κ3) is 2.03. The number of aryl methyl sites for hydroxylation is 2. The lowest BCUT2D eigenvalue weighted by molar-refractivity contribution is 0.558. The molecule has 0 radical (unpaired) electrons. The molecule has 3 rings (SSSR count). The van der Waals surface area contributed by atoms with Gasteiger partial charge >= 0.3 is 5.63 Å². The number of nitrogens with zero attached hydrogens (tertiary/aromatic N) is 1. The van der Waals surface area contributed by atoms with E-state index in [2.05, 4.69) is 4.98 Å². The van der Waals surface area contributed by atoms with Crippen molar-refractivity contribution in [3.05, 3.63) is 64.0 Å². The molecule has 3 heteroatoms. The number of benzene rings is 2. The summed E-state index contributed by atoms with van der Waals surface area (Å²) >= 11 is 0. The molecule has 19 heavy (non-hydrogen) atoms. The quantitative estimate of drug-likeness (QED) is 0.665. The molecule has 3 nitrogen and oxygen atoms in total. The number of para-hydroxylation sites is 2. The van der Waals surface area contributed by atoms with Crippen LogP contribution in [-0.4, -0.2) is 4.98 Å².